The Morgan fingerprint density at radius 1 is 1.21 bits per heavy atom. The van der Waals surface area contributed by atoms with E-state index in [-0.39, 0.29) is 23.3 Å². The first-order valence-corrected chi connectivity index (χ1v) is 10.0. The van der Waals surface area contributed by atoms with Crippen LogP contribution in [0.15, 0.2) is 46.7 Å². The molecule has 130 valence electrons. The molecule has 0 saturated heterocycles. The number of amides is 1. The van der Waals surface area contributed by atoms with Crippen LogP contribution < -0.4 is 5.32 Å². The predicted molar refractivity (Wildman–Crippen MR) is 93.1 cm³/mol. The van der Waals surface area contributed by atoms with Crippen LogP contribution in [0.4, 0.5) is 4.39 Å². The topological polar surface area (TPSA) is 63.2 Å². The second-order valence-corrected chi connectivity index (χ2v) is 9.01. The summed E-state index contributed by atoms with van der Waals surface area (Å²) in [6, 6.07) is 8.24. The lowest BCUT2D eigenvalue weighted by atomic mass is 10.1. The summed E-state index contributed by atoms with van der Waals surface area (Å²) in [5.41, 5.74) is 0. The Labute approximate surface area is 145 Å². The molecular formula is C17H20FNO3S2. The Bertz CT molecular complexity index is 769. The van der Waals surface area contributed by atoms with Crippen LogP contribution in [0.1, 0.15) is 30.4 Å². The van der Waals surface area contributed by atoms with Crippen LogP contribution in [0.3, 0.4) is 0 Å². The summed E-state index contributed by atoms with van der Waals surface area (Å²) in [6.07, 6.45) is 0.341. The quantitative estimate of drug-likeness (QED) is 0.759. The molecule has 1 N–H and O–H groups in total. The van der Waals surface area contributed by atoms with Crippen molar-refractivity contribution in [2.75, 3.05) is 6.54 Å². The normalized spacial score (nSPS) is 13.0. The van der Waals surface area contributed by atoms with Gasteiger partial charge in [0.25, 0.3) is 0 Å². The molecule has 1 atom stereocenters. The van der Waals surface area contributed by atoms with Gasteiger partial charge in [-0.3, -0.25) is 4.79 Å². The second-order valence-electron chi connectivity index (χ2n) is 5.91. The average molecular weight is 369 g/mol. The minimum atomic E-state index is -3.74. The van der Waals surface area contributed by atoms with E-state index in [2.05, 4.69) is 5.32 Å². The highest BCUT2D eigenvalue weighted by molar-refractivity contribution is 7.91. The van der Waals surface area contributed by atoms with Gasteiger partial charge in [0.1, 0.15) is 11.1 Å². The number of hydrogen-bond acceptors (Lipinski definition) is 4. The van der Waals surface area contributed by atoms with Crippen molar-refractivity contribution in [3.8, 4) is 0 Å². The number of carbonyl (C=O) groups is 1. The molecule has 0 aliphatic heterocycles. The Hall–Kier alpha value is -1.73. The lowest BCUT2D eigenvalue weighted by Crippen LogP contribution is -2.32. The predicted octanol–water partition coefficient (Wildman–Crippen LogP) is 3.56. The Morgan fingerprint density at radius 2 is 1.88 bits per heavy atom. The zero-order valence-electron chi connectivity index (χ0n) is 13.5. The largest absolute Gasteiger partial charge is 0.354 e. The van der Waals surface area contributed by atoms with Gasteiger partial charge in [-0.1, -0.05) is 19.9 Å². The van der Waals surface area contributed by atoms with E-state index in [1.165, 1.54) is 23.5 Å². The minimum Gasteiger partial charge on any atom is -0.354 e. The van der Waals surface area contributed by atoms with Crippen LogP contribution >= 0.6 is 11.3 Å². The fourth-order valence-corrected chi connectivity index (χ4v) is 5.06. The lowest BCUT2D eigenvalue weighted by Gasteiger charge is -2.18. The number of carbonyl (C=O) groups excluding carboxylic acids is 1. The number of halogens is 1. The van der Waals surface area contributed by atoms with E-state index in [9.17, 15) is 17.6 Å². The molecule has 4 nitrogen and oxygen atoms in total. The van der Waals surface area contributed by atoms with Gasteiger partial charge in [-0.15, -0.1) is 11.3 Å². The van der Waals surface area contributed by atoms with E-state index in [1.54, 1.807) is 17.5 Å². The van der Waals surface area contributed by atoms with Crippen molar-refractivity contribution in [2.45, 2.75) is 30.4 Å². The number of sulfone groups is 1. The Morgan fingerprint density at radius 3 is 2.42 bits per heavy atom. The minimum absolute atomic E-state index is 0.00816. The smallest absolute Gasteiger partial charge is 0.220 e. The molecular weight excluding hydrogens is 349 g/mol. The Kier molecular flexibility index (Phi) is 6.12. The van der Waals surface area contributed by atoms with Gasteiger partial charge in [-0.25, -0.2) is 12.8 Å². The number of benzene rings is 1. The molecule has 0 fully saturated rings. The van der Waals surface area contributed by atoms with Crippen molar-refractivity contribution in [3.63, 3.8) is 0 Å². The summed E-state index contributed by atoms with van der Waals surface area (Å²) in [7, 11) is -3.74. The molecule has 0 spiro atoms. The number of nitrogens with one attached hydrogen (secondary N) is 1. The van der Waals surface area contributed by atoms with Crippen LogP contribution in [-0.2, 0) is 14.6 Å². The summed E-state index contributed by atoms with van der Waals surface area (Å²) in [5, 5.41) is 3.60. The van der Waals surface area contributed by atoms with Gasteiger partial charge in [0.05, 0.1) is 4.90 Å². The van der Waals surface area contributed by atoms with Crippen molar-refractivity contribution in [3.05, 3.63) is 52.5 Å². The van der Waals surface area contributed by atoms with Gasteiger partial charge in [-0.2, -0.15) is 0 Å². The van der Waals surface area contributed by atoms with E-state index in [0.29, 0.717) is 11.3 Å². The molecule has 0 aliphatic rings. The van der Waals surface area contributed by atoms with Gasteiger partial charge < -0.3 is 5.32 Å². The third-order valence-electron chi connectivity index (χ3n) is 3.46. The monoisotopic (exact) mass is 369 g/mol. The van der Waals surface area contributed by atoms with Crippen LogP contribution in [0, 0.1) is 11.7 Å². The van der Waals surface area contributed by atoms with E-state index < -0.39 is 20.9 Å². The highest BCUT2D eigenvalue weighted by atomic mass is 32.2. The lowest BCUT2D eigenvalue weighted by molar-refractivity contribution is -0.121. The van der Waals surface area contributed by atoms with E-state index >= 15 is 0 Å². The van der Waals surface area contributed by atoms with E-state index in [1.807, 2.05) is 13.8 Å². The zero-order valence-corrected chi connectivity index (χ0v) is 15.2. The molecule has 1 amide bonds. The summed E-state index contributed by atoms with van der Waals surface area (Å²) in [4.78, 5) is 12.6. The van der Waals surface area contributed by atoms with Crippen molar-refractivity contribution >= 4 is 27.1 Å². The highest BCUT2D eigenvalue weighted by Crippen LogP contribution is 2.31. The maximum absolute atomic E-state index is 13.1. The standard InChI is InChI=1S/C17H20FNO3S2/c1-12(2)10-17(20)19-11-16(15-4-3-9-23-15)24(21,22)14-7-5-13(18)6-8-14/h3-9,12,16H,10-11H2,1-2H3,(H,19,20)/t16-/m0/s1. The molecule has 2 aromatic rings. The first-order valence-electron chi connectivity index (χ1n) is 7.60. The van der Waals surface area contributed by atoms with Crippen LogP contribution in [-0.4, -0.2) is 20.9 Å². The first kappa shape index (κ1) is 18.6. The molecule has 7 heteroatoms. The summed E-state index contributed by atoms with van der Waals surface area (Å²) >= 11 is 1.32. The highest BCUT2D eigenvalue weighted by Gasteiger charge is 2.30. The van der Waals surface area contributed by atoms with E-state index in [0.717, 1.165) is 12.1 Å². The van der Waals surface area contributed by atoms with Crippen LogP contribution in [0.2, 0.25) is 0 Å². The molecule has 24 heavy (non-hydrogen) atoms. The molecule has 2 rings (SSSR count). The maximum Gasteiger partial charge on any atom is 0.220 e. The number of rotatable bonds is 7. The molecule has 1 aromatic carbocycles. The molecule has 0 unspecified atom stereocenters. The van der Waals surface area contributed by atoms with Crippen LogP contribution in [0.25, 0.3) is 0 Å². The van der Waals surface area contributed by atoms with Crippen LogP contribution in [0.5, 0.6) is 0 Å². The van der Waals surface area contributed by atoms with Gasteiger partial charge >= 0.3 is 0 Å². The van der Waals surface area contributed by atoms with Gasteiger partial charge in [-0.05, 0) is 41.6 Å². The summed E-state index contributed by atoms with van der Waals surface area (Å²) in [6.45, 7) is 3.84. The van der Waals surface area contributed by atoms with Crippen molar-refractivity contribution in [1.29, 1.82) is 0 Å². The van der Waals surface area contributed by atoms with Gasteiger partial charge in [0.2, 0.25) is 5.91 Å². The number of hydrogen-bond donors (Lipinski definition) is 1. The molecule has 1 heterocycles. The third kappa shape index (κ3) is 4.64. The second kappa shape index (κ2) is 7.90. The van der Waals surface area contributed by atoms with Crippen molar-refractivity contribution in [1.82, 2.24) is 5.32 Å². The fourth-order valence-electron chi connectivity index (χ4n) is 2.28. The fraction of sp³-hybridized carbons (Fsp3) is 0.353. The molecule has 0 radical (unpaired) electrons. The molecule has 1 aromatic heterocycles. The SMILES string of the molecule is CC(C)CC(=O)NC[C@@H](c1cccs1)S(=O)(=O)c1ccc(F)cc1. The number of thiophene rings is 1. The molecule has 0 bridgehead atoms. The Balaban J connectivity index is 2.26. The maximum atomic E-state index is 13.1. The van der Waals surface area contributed by atoms with Crippen molar-refractivity contribution in [2.24, 2.45) is 5.92 Å². The first-order chi connectivity index (χ1) is 11.3. The third-order valence-corrected chi connectivity index (χ3v) is 6.69. The van der Waals surface area contributed by atoms with Gasteiger partial charge in [0, 0.05) is 17.8 Å². The average Bonchev–Trinajstić information content (AvgIpc) is 3.01. The van der Waals surface area contributed by atoms with E-state index in [4.69, 9.17) is 0 Å². The summed E-state index contributed by atoms with van der Waals surface area (Å²) < 4.78 is 38.9. The zero-order chi connectivity index (χ0) is 17.7. The van der Waals surface area contributed by atoms with Crippen molar-refractivity contribution < 1.29 is 17.6 Å². The van der Waals surface area contributed by atoms with Gasteiger partial charge in [0.15, 0.2) is 9.84 Å². The molecule has 0 saturated carbocycles. The molecule has 0 aliphatic carbocycles. The summed E-state index contributed by atoms with van der Waals surface area (Å²) in [5.74, 6) is -0.480.